The number of rotatable bonds is 3. The molecule has 0 saturated heterocycles. The number of nitrogens with zero attached hydrogens (tertiary/aromatic N) is 1. The van der Waals surface area contributed by atoms with E-state index >= 15 is 0 Å². The summed E-state index contributed by atoms with van der Waals surface area (Å²) in [4.78, 5) is 4.07. The fourth-order valence-electron chi connectivity index (χ4n) is 1.41. The van der Waals surface area contributed by atoms with Crippen LogP contribution in [0.25, 0.3) is 0 Å². The van der Waals surface area contributed by atoms with Crippen LogP contribution in [0.3, 0.4) is 0 Å². The van der Waals surface area contributed by atoms with E-state index in [1.165, 1.54) is 6.07 Å². The van der Waals surface area contributed by atoms with E-state index in [9.17, 15) is 4.39 Å². The van der Waals surface area contributed by atoms with E-state index in [0.717, 1.165) is 4.47 Å². The molecule has 0 atom stereocenters. The van der Waals surface area contributed by atoms with Gasteiger partial charge in [0.15, 0.2) is 0 Å². The molecule has 3 N–H and O–H groups in total. The zero-order chi connectivity index (χ0) is 12.3. The van der Waals surface area contributed by atoms with E-state index < -0.39 is 0 Å². The summed E-state index contributed by atoms with van der Waals surface area (Å²) in [7, 11) is 0. The van der Waals surface area contributed by atoms with Crippen molar-refractivity contribution < 1.29 is 4.39 Å². The van der Waals surface area contributed by atoms with Gasteiger partial charge in [-0.2, -0.15) is 0 Å². The summed E-state index contributed by atoms with van der Waals surface area (Å²) in [5.41, 5.74) is 6.12. The van der Waals surface area contributed by atoms with Crippen molar-refractivity contribution in [1.29, 1.82) is 0 Å². The van der Waals surface area contributed by atoms with Crippen molar-refractivity contribution in [1.82, 2.24) is 4.98 Å². The second-order valence-corrected chi connectivity index (χ2v) is 4.45. The maximum atomic E-state index is 13.4. The summed E-state index contributed by atoms with van der Waals surface area (Å²) < 4.78 is 14.3. The Hall–Kier alpha value is -1.62. The molecule has 3 nitrogen and oxygen atoms in total. The Balaban J connectivity index is 2.09. The summed E-state index contributed by atoms with van der Waals surface area (Å²) in [5.74, 6) is 0.818. The monoisotopic (exact) mass is 295 g/mol. The van der Waals surface area contributed by atoms with Gasteiger partial charge in [-0.05, 0) is 30.3 Å². The SMILES string of the molecule is Nc1cccc(NCc2cc(Br)ccc2F)n1. The maximum Gasteiger partial charge on any atom is 0.128 e. The van der Waals surface area contributed by atoms with Gasteiger partial charge in [0, 0.05) is 16.6 Å². The number of pyridine rings is 1. The normalized spacial score (nSPS) is 10.2. The third kappa shape index (κ3) is 3.17. The minimum atomic E-state index is -0.246. The molecule has 0 aliphatic rings. The first-order valence-electron chi connectivity index (χ1n) is 5.05. The second-order valence-electron chi connectivity index (χ2n) is 3.54. The van der Waals surface area contributed by atoms with Gasteiger partial charge in [-0.3, -0.25) is 0 Å². The number of nitrogens with one attached hydrogen (secondary N) is 1. The Labute approximate surface area is 107 Å². The first kappa shape index (κ1) is 11.9. The van der Waals surface area contributed by atoms with Gasteiger partial charge in [0.1, 0.15) is 17.5 Å². The lowest BCUT2D eigenvalue weighted by molar-refractivity contribution is 0.612. The van der Waals surface area contributed by atoms with Gasteiger partial charge in [-0.25, -0.2) is 9.37 Å². The molecule has 5 heteroatoms. The van der Waals surface area contributed by atoms with Crippen LogP contribution in [0.2, 0.25) is 0 Å². The van der Waals surface area contributed by atoms with Crippen LogP contribution in [0.1, 0.15) is 5.56 Å². The van der Waals surface area contributed by atoms with Gasteiger partial charge in [-0.15, -0.1) is 0 Å². The summed E-state index contributed by atoms with van der Waals surface area (Å²) in [6.07, 6.45) is 0. The molecule has 0 radical (unpaired) electrons. The Morgan fingerprint density at radius 3 is 2.88 bits per heavy atom. The average molecular weight is 296 g/mol. The minimum Gasteiger partial charge on any atom is -0.384 e. The van der Waals surface area contributed by atoms with E-state index in [1.807, 2.05) is 0 Å². The van der Waals surface area contributed by atoms with Crippen LogP contribution in [-0.4, -0.2) is 4.98 Å². The van der Waals surface area contributed by atoms with Gasteiger partial charge < -0.3 is 11.1 Å². The molecular weight excluding hydrogens is 285 g/mol. The minimum absolute atomic E-state index is 0.246. The molecule has 0 aliphatic heterocycles. The number of aromatic nitrogens is 1. The van der Waals surface area contributed by atoms with Crippen molar-refractivity contribution in [2.24, 2.45) is 0 Å². The van der Waals surface area contributed by atoms with Crippen LogP contribution in [-0.2, 0) is 6.54 Å². The van der Waals surface area contributed by atoms with Gasteiger partial charge in [0.05, 0.1) is 0 Å². The fourth-order valence-corrected chi connectivity index (χ4v) is 1.82. The summed E-state index contributed by atoms with van der Waals surface area (Å²) in [6.45, 7) is 0.363. The number of anilines is 2. The van der Waals surface area contributed by atoms with Crippen molar-refractivity contribution in [2.45, 2.75) is 6.54 Å². The molecule has 0 fully saturated rings. The van der Waals surface area contributed by atoms with Crippen molar-refractivity contribution in [3.8, 4) is 0 Å². The van der Waals surface area contributed by atoms with E-state index in [4.69, 9.17) is 5.73 Å². The molecule has 1 aromatic heterocycles. The van der Waals surface area contributed by atoms with Crippen molar-refractivity contribution in [2.75, 3.05) is 11.1 Å². The number of nitrogens with two attached hydrogens (primary N) is 1. The highest BCUT2D eigenvalue weighted by Crippen LogP contribution is 2.16. The number of benzene rings is 1. The van der Waals surface area contributed by atoms with Crippen molar-refractivity contribution >= 4 is 27.6 Å². The maximum absolute atomic E-state index is 13.4. The molecule has 17 heavy (non-hydrogen) atoms. The predicted octanol–water partition coefficient (Wildman–Crippen LogP) is 3.18. The van der Waals surface area contributed by atoms with Crippen molar-refractivity contribution in [3.05, 3.63) is 52.3 Å². The zero-order valence-corrected chi connectivity index (χ0v) is 10.5. The average Bonchev–Trinajstić information content (AvgIpc) is 2.30. The van der Waals surface area contributed by atoms with Crippen LogP contribution in [0.15, 0.2) is 40.9 Å². The summed E-state index contributed by atoms with van der Waals surface area (Å²) in [5, 5.41) is 3.02. The lowest BCUT2D eigenvalue weighted by Crippen LogP contribution is -2.04. The molecule has 0 bridgehead atoms. The largest absolute Gasteiger partial charge is 0.384 e. The van der Waals surface area contributed by atoms with Gasteiger partial charge in [0.2, 0.25) is 0 Å². The lowest BCUT2D eigenvalue weighted by Gasteiger charge is -2.07. The Morgan fingerprint density at radius 2 is 2.12 bits per heavy atom. The first-order chi connectivity index (χ1) is 8.15. The molecule has 0 amide bonds. The summed E-state index contributed by atoms with van der Waals surface area (Å²) >= 11 is 3.30. The van der Waals surface area contributed by atoms with E-state index in [-0.39, 0.29) is 5.82 Å². The molecule has 0 spiro atoms. The Morgan fingerprint density at radius 1 is 1.29 bits per heavy atom. The molecule has 1 heterocycles. The quantitative estimate of drug-likeness (QED) is 0.914. The highest BCUT2D eigenvalue weighted by Gasteiger charge is 2.03. The van der Waals surface area contributed by atoms with Crippen LogP contribution in [0.5, 0.6) is 0 Å². The van der Waals surface area contributed by atoms with Gasteiger partial charge in [-0.1, -0.05) is 22.0 Å². The van der Waals surface area contributed by atoms with Crippen molar-refractivity contribution in [3.63, 3.8) is 0 Å². The first-order valence-corrected chi connectivity index (χ1v) is 5.85. The zero-order valence-electron chi connectivity index (χ0n) is 8.95. The van der Waals surface area contributed by atoms with Crippen LogP contribution in [0.4, 0.5) is 16.0 Å². The van der Waals surface area contributed by atoms with Crippen LogP contribution in [0, 0.1) is 5.82 Å². The number of hydrogen-bond donors (Lipinski definition) is 2. The predicted molar refractivity (Wildman–Crippen MR) is 70.1 cm³/mol. The van der Waals surface area contributed by atoms with E-state index in [0.29, 0.717) is 23.7 Å². The number of nitrogen functional groups attached to an aromatic ring is 1. The molecular formula is C12H11BrFN3. The van der Waals surface area contributed by atoms with E-state index in [2.05, 4.69) is 26.2 Å². The highest BCUT2D eigenvalue weighted by atomic mass is 79.9. The standard InChI is InChI=1S/C12H11BrFN3/c13-9-4-5-10(14)8(6-9)7-16-12-3-1-2-11(15)17-12/h1-6H,7H2,(H3,15,16,17). The molecule has 0 saturated carbocycles. The smallest absolute Gasteiger partial charge is 0.128 e. The van der Waals surface area contributed by atoms with Crippen LogP contribution >= 0.6 is 15.9 Å². The summed E-state index contributed by atoms with van der Waals surface area (Å²) in [6, 6.07) is 10.1. The van der Waals surface area contributed by atoms with Crippen LogP contribution < -0.4 is 11.1 Å². The van der Waals surface area contributed by atoms with Gasteiger partial charge in [0.25, 0.3) is 0 Å². The molecule has 2 rings (SSSR count). The molecule has 88 valence electrons. The number of hydrogen-bond acceptors (Lipinski definition) is 3. The second kappa shape index (κ2) is 5.14. The fraction of sp³-hybridized carbons (Fsp3) is 0.0833. The van der Waals surface area contributed by atoms with Gasteiger partial charge >= 0.3 is 0 Å². The Kier molecular flexibility index (Phi) is 3.58. The molecule has 2 aromatic rings. The number of halogens is 2. The lowest BCUT2D eigenvalue weighted by atomic mass is 10.2. The highest BCUT2D eigenvalue weighted by molar-refractivity contribution is 9.10. The third-order valence-electron chi connectivity index (χ3n) is 2.24. The Bertz CT molecular complexity index is 531. The topological polar surface area (TPSA) is 50.9 Å². The third-order valence-corrected chi connectivity index (χ3v) is 2.73. The molecule has 0 aliphatic carbocycles. The van der Waals surface area contributed by atoms with E-state index in [1.54, 1.807) is 30.3 Å². The molecule has 0 unspecified atom stereocenters. The molecule has 1 aromatic carbocycles.